The molecule has 154 valence electrons. The van der Waals surface area contributed by atoms with Gasteiger partial charge in [-0.2, -0.15) is 4.31 Å². The van der Waals surface area contributed by atoms with Gasteiger partial charge < -0.3 is 8.94 Å². The molecule has 3 rings (SSSR count). The fourth-order valence-corrected chi connectivity index (χ4v) is 4.27. The van der Waals surface area contributed by atoms with E-state index in [0.29, 0.717) is 13.1 Å². The number of sulfonamides is 1. The molecule has 0 spiro atoms. The topological polar surface area (TPSA) is 131 Å². The predicted molar refractivity (Wildman–Crippen MR) is 104 cm³/mol. The summed E-state index contributed by atoms with van der Waals surface area (Å²) in [7, 11) is -3.60. The van der Waals surface area contributed by atoms with Gasteiger partial charge in [0, 0.05) is 24.7 Å². The van der Waals surface area contributed by atoms with E-state index >= 15 is 0 Å². The van der Waals surface area contributed by atoms with Crippen LogP contribution in [0.5, 0.6) is 0 Å². The molecule has 0 aliphatic rings. The van der Waals surface area contributed by atoms with Gasteiger partial charge in [0.1, 0.15) is 0 Å². The third-order valence-electron chi connectivity index (χ3n) is 3.99. The summed E-state index contributed by atoms with van der Waals surface area (Å²) in [6.45, 7) is 4.75. The van der Waals surface area contributed by atoms with Crippen LogP contribution in [0.1, 0.15) is 37.0 Å². The molecule has 0 saturated heterocycles. The van der Waals surface area contributed by atoms with Crippen LogP contribution in [0.15, 0.2) is 50.4 Å². The minimum Gasteiger partial charge on any atom is -0.400 e. The molecule has 11 heteroatoms. The molecule has 1 amide bonds. The van der Waals surface area contributed by atoms with Crippen molar-refractivity contribution in [3.8, 4) is 11.7 Å². The maximum absolute atomic E-state index is 12.8. The average Bonchev–Trinajstić information content (AvgIpc) is 3.39. The summed E-state index contributed by atoms with van der Waals surface area (Å²) in [6.07, 6.45) is 2.87. The van der Waals surface area contributed by atoms with Crippen molar-refractivity contribution in [3.63, 3.8) is 0 Å². The van der Waals surface area contributed by atoms with E-state index in [-0.39, 0.29) is 28.1 Å². The molecular weight excluding hydrogens is 398 g/mol. The van der Waals surface area contributed by atoms with Gasteiger partial charge >= 0.3 is 6.01 Å². The predicted octanol–water partition coefficient (Wildman–Crippen LogP) is 2.79. The number of nitrogens with one attached hydrogen (secondary N) is 1. The number of benzene rings is 1. The van der Waals surface area contributed by atoms with E-state index in [0.717, 1.165) is 12.8 Å². The normalized spacial score (nSPS) is 11.7. The van der Waals surface area contributed by atoms with Crippen LogP contribution >= 0.6 is 0 Å². The smallest absolute Gasteiger partial charge is 0.322 e. The van der Waals surface area contributed by atoms with E-state index in [4.69, 9.17) is 8.94 Å². The number of hydrogen-bond acceptors (Lipinski definition) is 8. The zero-order valence-corrected chi connectivity index (χ0v) is 16.8. The average molecular weight is 419 g/mol. The number of rotatable bonds is 9. The minimum atomic E-state index is -3.60. The lowest BCUT2D eigenvalue weighted by Crippen LogP contribution is -2.32. The highest BCUT2D eigenvalue weighted by Gasteiger charge is 2.23. The molecular formula is C18H21N5O5S. The second-order valence-electron chi connectivity index (χ2n) is 6.17. The number of amides is 1. The molecule has 1 aromatic carbocycles. The summed E-state index contributed by atoms with van der Waals surface area (Å²) in [6, 6.07) is 7.12. The van der Waals surface area contributed by atoms with Crippen molar-refractivity contribution in [3.05, 3.63) is 42.1 Å². The number of carbonyl (C=O) groups is 1. The zero-order valence-electron chi connectivity index (χ0n) is 16.0. The fraction of sp³-hybridized carbons (Fsp3) is 0.333. The number of aromatic nitrogens is 3. The zero-order chi connectivity index (χ0) is 20.9. The highest BCUT2D eigenvalue weighted by Crippen LogP contribution is 2.20. The lowest BCUT2D eigenvalue weighted by Gasteiger charge is -2.21. The van der Waals surface area contributed by atoms with Crippen molar-refractivity contribution in [2.75, 3.05) is 18.4 Å². The second kappa shape index (κ2) is 8.97. The standard InChI is InChI=1S/C18H21N5O5S/c1-3-11-23(12-4-2)29(25,26)14-7-5-13(6-8-14)16(24)20-18-22-21-17(27-18)15-9-10-19-28-15/h5-10H,3-4,11-12H2,1-2H3,(H,20,22,24). The highest BCUT2D eigenvalue weighted by molar-refractivity contribution is 7.89. The second-order valence-corrected chi connectivity index (χ2v) is 8.11. The van der Waals surface area contributed by atoms with Crippen molar-refractivity contribution in [1.29, 1.82) is 0 Å². The Balaban J connectivity index is 1.71. The molecule has 0 saturated carbocycles. The molecule has 0 radical (unpaired) electrons. The van der Waals surface area contributed by atoms with Gasteiger partial charge in [0.05, 0.1) is 11.1 Å². The first-order chi connectivity index (χ1) is 14.0. The summed E-state index contributed by atoms with van der Waals surface area (Å²) in [5.74, 6) is -0.164. The molecule has 10 nitrogen and oxygen atoms in total. The third-order valence-corrected chi connectivity index (χ3v) is 5.91. The van der Waals surface area contributed by atoms with Crippen LogP contribution in [-0.2, 0) is 10.0 Å². The molecule has 0 bridgehead atoms. The van der Waals surface area contributed by atoms with Crippen molar-refractivity contribution in [2.45, 2.75) is 31.6 Å². The Morgan fingerprint density at radius 1 is 1.07 bits per heavy atom. The molecule has 3 aromatic rings. The Labute approximate surface area is 167 Å². The Morgan fingerprint density at radius 3 is 2.34 bits per heavy atom. The third kappa shape index (κ3) is 4.69. The van der Waals surface area contributed by atoms with Gasteiger partial charge in [-0.3, -0.25) is 10.1 Å². The maximum Gasteiger partial charge on any atom is 0.322 e. The highest BCUT2D eigenvalue weighted by atomic mass is 32.2. The van der Waals surface area contributed by atoms with E-state index in [1.165, 1.54) is 34.8 Å². The maximum atomic E-state index is 12.8. The van der Waals surface area contributed by atoms with E-state index in [9.17, 15) is 13.2 Å². The molecule has 1 N–H and O–H groups in total. The number of nitrogens with zero attached hydrogens (tertiary/aromatic N) is 4. The van der Waals surface area contributed by atoms with Gasteiger partial charge in [0.15, 0.2) is 0 Å². The first-order valence-electron chi connectivity index (χ1n) is 9.11. The van der Waals surface area contributed by atoms with E-state index in [1.807, 2.05) is 13.8 Å². The van der Waals surface area contributed by atoms with Crippen LogP contribution in [0.3, 0.4) is 0 Å². The Morgan fingerprint density at radius 2 is 1.76 bits per heavy atom. The summed E-state index contributed by atoms with van der Waals surface area (Å²) in [4.78, 5) is 12.5. The summed E-state index contributed by atoms with van der Waals surface area (Å²) < 4.78 is 37.2. The van der Waals surface area contributed by atoms with Crippen LogP contribution in [0.4, 0.5) is 6.01 Å². The SMILES string of the molecule is CCCN(CCC)S(=O)(=O)c1ccc(C(=O)Nc2nnc(-c3ccno3)o2)cc1. The van der Waals surface area contributed by atoms with Gasteiger partial charge in [-0.05, 0) is 37.1 Å². The van der Waals surface area contributed by atoms with Crippen molar-refractivity contribution >= 4 is 21.9 Å². The molecule has 0 aliphatic carbocycles. The minimum absolute atomic E-state index is 0.0752. The van der Waals surface area contributed by atoms with Crippen LogP contribution in [0, 0.1) is 0 Å². The van der Waals surface area contributed by atoms with Gasteiger partial charge in [-0.15, -0.1) is 5.10 Å². The largest absolute Gasteiger partial charge is 0.400 e. The molecule has 0 aliphatic heterocycles. The summed E-state index contributed by atoms with van der Waals surface area (Å²) >= 11 is 0. The molecule has 0 atom stereocenters. The van der Waals surface area contributed by atoms with E-state index in [1.54, 1.807) is 6.07 Å². The first-order valence-corrected chi connectivity index (χ1v) is 10.6. The Kier molecular flexibility index (Phi) is 6.39. The van der Waals surface area contributed by atoms with Gasteiger partial charge in [0.2, 0.25) is 15.8 Å². The molecule has 0 fully saturated rings. The van der Waals surface area contributed by atoms with Gasteiger partial charge in [-0.25, -0.2) is 8.42 Å². The van der Waals surface area contributed by atoms with E-state index < -0.39 is 15.9 Å². The summed E-state index contributed by atoms with van der Waals surface area (Å²) in [5, 5.41) is 13.5. The summed E-state index contributed by atoms with van der Waals surface area (Å²) in [5.41, 5.74) is 0.251. The number of anilines is 1. The van der Waals surface area contributed by atoms with Crippen LogP contribution < -0.4 is 5.32 Å². The number of hydrogen-bond donors (Lipinski definition) is 1. The molecule has 2 heterocycles. The molecule has 29 heavy (non-hydrogen) atoms. The van der Waals surface area contributed by atoms with Gasteiger partial charge in [-0.1, -0.05) is 24.1 Å². The first kappa shape index (κ1) is 20.7. The van der Waals surface area contributed by atoms with Crippen molar-refractivity contribution < 1.29 is 22.2 Å². The molecule has 0 unspecified atom stereocenters. The fourth-order valence-electron chi connectivity index (χ4n) is 2.65. The lowest BCUT2D eigenvalue weighted by molar-refractivity contribution is 0.102. The van der Waals surface area contributed by atoms with E-state index in [2.05, 4.69) is 20.7 Å². The Hall–Kier alpha value is -3.05. The number of carbonyl (C=O) groups excluding carboxylic acids is 1. The Bertz CT molecular complexity index is 1040. The van der Waals surface area contributed by atoms with Crippen LogP contribution in [-0.4, -0.2) is 47.1 Å². The van der Waals surface area contributed by atoms with Gasteiger partial charge in [0.25, 0.3) is 11.8 Å². The monoisotopic (exact) mass is 419 g/mol. The van der Waals surface area contributed by atoms with Crippen molar-refractivity contribution in [1.82, 2.24) is 19.7 Å². The lowest BCUT2D eigenvalue weighted by atomic mass is 10.2. The van der Waals surface area contributed by atoms with Crippen LogP contribution in [0.25, 0.3) is 11.7 Å². The quantitative estimate of drug-likeness (QED) is 0.560. The molecule has 2 aromatic heterocycles. The van der Waals surface area contributed by atoms with Crippen LogP contribution in [0.2, 0.25) is 0 Å². The van der Waals surface area contributed by atoms with Crippen molar-refractivity contribution in [2.24, 2.45) is 0 Å².